The molecule has 2 aromatic rings. The van der Waals surface area contributed by atoms with E-state index in [1.807, 2.05) is 0 Å². The first-order valence-electron chi connectivity index (χ1n) is 7.00. The molecule has 0 N–H and O–H groups in total. The van der Waals surface area contributed by atoms with Crippen molar-refractivity contribution < 1.29 is 33.3 Å². The molecule has 0 aliphatic heterocycles. The third-order valence-corrected chi connectivity index (χ3v) is 3.40. The van der Waals surface area contributed by atoms with Crippen LogP contribution in [-0.4, -0.2) is 40.4 Å². The average Bonchev–Trinajstić information content (AvgIpc) is 2.58. The maximum atomic E-state index is 11.9. The molecule has 0 amide bonds. The van der Waals surface area contributed by atoms with Crippen LogP contribution in [0.4, 0.5) is 0 Å². The molecule has 0 aliphatic rings. The van der Waals surface area contributed by atoms with Gasteiger partial charge in [0.1, 0.15) is 11.5 Å². The first-order valence-corrected chi connectivity index (χ1v) is 7.00. The van der Waals surface area contributed by atoms with Crippen LogP contribution < -0.4 is 18.9 Å². The van der Waals surface area contributed by atoms with E-state index in [9.17, 15) is 9.59 Å². The summed E-state index contributed by atoms with van der Waals surface area (Å²) in [5, 5.41) is 0.978. The minimum atomic E-state index is -0.575. The quantitative estimate of drug-likeness (QED) is 0.614. The van der Waals surface area contributed by atoms with E-state index in [1.54, 1.807) is 12.1 Å². The van der Waals surface area contributed by atoms with Crippen LogP contribution in [0.2, 0.25) is 0 Å². The minimum Gasteiger partial charge on any atom is -0.496 e. The fourth-order valence-electron chi connectivity index (χ4n) is 2.43. The predicted molar refractivity (Wildman–Crippen MR) is 86.3 cm³/mol. The molecular formula is C17H18O7. The Morgan fingerprint density at radius 1 is 0.833 bits per heavy atom. The van der Waals surface area contributed by atoms with Crippen LogP contribution in [0.15, 0.2) is 18.2 Å². The lowest BCUT2D eigenvalue weighted by Crippen LogP contribution is -2.07. The molecule has 0 atom stereocenters. The van der Waals surface area contributed by atoms with Crippen LogP contribution in [0.1, 0.15) is 17.3 Å². The second kappa shape index (κ2) is 7.08. The van der Waals surface area contributed by atoms with E-state index in [0.29, 0.717) is 28.0 Å². The van der Waals surface area contributed by atoms with Gasteiger partial charge in [0.25, 0.3) is 0 Å². The number of fused-ring (bicyclic) bond motifs is 1. The number of ether oxygens (including phenoxy) is 5. The molecular weight excluding hydrogens is 316 g/mol. The molecule has 0 saturated heterocycles. The summed E-state index contributed by atoms with van der Waals surface area (Å²) < 4.78 is 26.1. The van der Waals surface area contributed by atoms with Gasteiger partial charge in [-0.2, -0.15) is 0 Å². The fraction of sp³-hybridized carbons (Fsp3) is 0.294. The molecule has 7 heteroatoms. The molecule has 2 aromatic carbocycles. The number of benzene rings is 2. The molecule has 0 saturated carbocycles. The molecule has 0 unspecified atom stereocenters. The van der Waals surface area contributed by atoms with E-state index in [2.05, 4.69) is 0 Å². The lowest BCUT2D eigenvalue weighted by molar-refractivity contribution is -0.131. The first-order chi connectivity index (χ1) is 11.5. The smallest absolute Gasteiger partial charge is 0.338 e. The summed E-state index contributed by atoms with van der Waals surface area (Å²) in [6, 6.07) is 4.61. The number of hydrogen-bond donors (Lipinski definition) is 0. The zero-order valence-corrected chi connectivity index (χ0v) is 14.1. The van der Waals surface area contributed by atoms with Gasteiger partial charge in [0.05, 0.1) is 39.4 Å². The third-order valence-electron chi connectivity index (χ3n) is 3.40. The molecule has 2 rings (SSSR count). The maximum absolute atomic E-state index is 11.9. The van der Waals surface area contributed by atoms with Crippen LogP contribution in [0, 0.1) is 0 Å². The molecule has 0 aromatic heterocycles. The monoisotopic (exact) mass is 334 g/mol. The van der Waals surface area contributed by atoms with Gasteiger partial charge in [-0.25, -0.2) is 4.79 Å². The van der Waals surface area contributed by atoms with Crippen LogP contribution in [0.25, 0.3) is 10.8 Å². The lowest BCUT2D eigenvalue weighted by Gasteiger charge is -2.17. The largest absolute Gasteiger partial charge is 0.496 e. The average molecular weight is 334 g/mol. The zero-order valence-electron chi connectivity index (χ0n) is 14.1. The summed E-state index contributed by atoms with van der Waals surface area (Å²) in [6.45, 7) is 1.27. The Balaban J connectivity index is 2.94. The fourth-order valence-corrected chi connectivity index (χ4v) is 2.43. The summed E-state index contributed by atoms with van der Waals surface area (Å²) in [6.07, 6.45) is 0. The number of esters is 2. The van der Waals surface area contributed by atoms with Crippen molar-refractivity contribution in [3.8, 4) is 23.0 Å². The van der Waals surface area contributed by atoms with E-state index in [-0.39, 0.29) is 11.3 Å². The van der Waals surface area contributed by atoms with Crippen molar-refractivity contribution >= 4 is 22.7 Å². The lowest BCUT2D eigenvalue weighted by atomic mass is 10.0. The van der Waals surface area contributed by atoms with Gasteiger partial charge in [-0.1, -0.05) is 0 Å². The van der Waals surface area contributed by atoms with E-state index in [1.165, 1.54) is 41.4 Å². The highest BCUT2D eigenvalue weighted by molar-refractivity contribution is 6.05. The molecule has 7 nitrogen and oxygen atoms in total. The van der Waals surface area contributed by atoms with Crippen LogP contribution in [-0.2, 0) is 9.53 Å². The van der Waals surface area contributed by atoms with Crippen molar-refractivity contribution in [2.24, 2.45) is 0 Å². The van der Waals surface area contributed by atoms with Gasteiger partial charge in [0.15, 0.2) is 11.5 Å². The highest BCUT2D eigenvalue weighted by Gasteiger charge is 2.22. The summed E-state index contributed by atoms with van der Waals surface area (Å²) in [7, 11) is 5.70. The number of hydrogen-bond acceptors (Lipinski definition) is 7. The first kappa shape index (κ1) is 17.4. The number of carbonyl (C=O) groups is 2. The van der Waals surface area contributed by atoms with Crippen molar-refractivity contribution in [1.29, 1.82) is 0 Å². The van der Waals surface area contributed by atoms with Gasteiger partial charge >= 0.3 is 11.9 Å². The minimum absolute atomic E-state index is 0.165. The van der Waals surface area contributed by atoms with E-state index >= 15 is 0 Å². The molecule has 0 fully saturated rings. The van der Waals surface area contributed by atoms with Gasteiger partial charge in [-0.05, 0) is 12.1 Å². The number of methoxy groups -OCH3 is 4. The summed E-state index contributed by atoms with van der Waals surface area (Å²) >= 11 is 0. The van der Waals surface area contributed by atoms with Gasteiger partial charge in [-0.15, -0.1) is 0 Å². The second-order valence-corrected chi connectivity index (χ2v) is 4.80. The standard InChI is InChI=1S/C17H18O7/c1-9(18)24-13-7-10(17(19)23-5)6-11-15(13)12(20-2)8-14(21-3)16(11)22-4/h6-8H,1-5H3. The maximum Gasteiger partial charge on any atom is 0.338 e. The van der Waals surface area contributed by atoms with Crippen LogP contribution >= 0.6 is 0 Å². The van der Waals surface area contributed by atoms with Crippen molar-refractivity contribution in [2.45, 2.75) is 6.92 Å². The Morgan fingerprint density at radius 3 is 2.00 bits per heavy atom. The zero-order chi connectivity index (χ0) is 17.9. The third kappa shape index (κ3) is 3.05. The number of carbonyl (C=O) groups excluding carboxylic acids is 2. The van der Waals surface area contributed by atoms with Gasteiger partial charge in [-0.3, -0.25) is 4.79 Å². The second-order valence-electron chi connectivity index (χ2n) is 4.80. The van der Waals surface area contributed by atoms with E-state index < -0.39 is 11.9 Å². The van der Waals surface area contributed by atoms with E-state index in [4.69, 9.17) is 23.7 Å². The summed E-state index contributed by atoms with van der Waals surface area (Å²) in [4.78, 5) is 23.4. The highest BCUT2D eigenvalue weighted by Crippen LogP contribution is 2.45. The van der Waals surface area contributed by atoms with Crippen molar-refractivity contribution in [3.05, 3.63) is 23.8 Å². The Labute approximate surface area is 139 Å². The predicted octanol–water partition coefficient (Wildman–Crippen LogP) is 2.58. The van der Waals surface area contributed by atoms with Crippen molar-refractivity contribution in [2.75, 3.05) is 28.4 Å². The Morgan fingerprint density at radius 2 is 1.50 bits per heavy atom. The Kier molecular flexibility index (Phi) is 5.13. The summed E-state index contributed by atoms with van der Waals surface area (Å²) in [5.41, 5.74) is 0.204. The molecule has 0 spiro atoms. The SMILES string of the molecule is COC(=O)c1cc(OC(C)=O)c2c(OC)cc(OC)c(OC)c2c1. The van der Waals surface area contributed by atoms with Gasteiger partial charge in [0, 0.05) is 18.4 Å². The molecule has 0 radical (unpaired) electrons. The van der Waals surface area contributed by atoms with Crippen LogP contribution in [0.5, 0.6) is 23.0 Å². The molecule has 0 heterocycles. The highest BCUT2D eigenvalue weighted by atomic mass is 16.5. The van der Waals surface area contributed by atoms with Gasteiger partial charge in [0.2, 0.25) is 0 Å². The van der Waals surface area contributed by atoms with Crippen molar-refractivity contribution in [1.82, 2.24) is 0 Å². The van der Waals surface area contributed by atoms with Crippen molar-refractivity contribution in [3.63, 3.8) is 0 Å². The Hall–Kier alpha value is -2.96. The molecule has 128 valence electrons. The number of rotatable bonds is 5. The Bertz CT molecular complexity index is 795. The molecule has 0 bridgehead atoms. The van der Waals surface area contributed by atoms with Crippen LogP contribution in [0.3, 0.4) is 0 Å². The normalized spacial score (nSPS) is 10.2. The molecule has 0 aliphatic carbocycles. The summed E-state index contributed by atoms with van der Waals surface area (Å²) in [5.74, 6) is 0.267. The molecule has 24 heavy (non-hydrogen) atoms. The van der Waals surface area contributed by atoms with E-state index in [0.717, 1.165) is 0 Å². The van der Waals surface area contributed by atoms with Gasteiger partial charge < -0.3 is 23.7 Å². The topological polar surface area (TPSA) is 80.3 Å².